The molecule has 2 nitrogen and oxygen atoms in total. The van der Waals surface area contributed by atoms with Crippen LogP contribution in [0, 0.1) is 11.6 Å². The minimum absolute atomic E-state index is 0.112. The van der Waals surface area contributed by atoms with Gasteiger partial charge in [0.1, 0.15) is 11.5 Å². The topological polar surface area (TPSA) is 40.5 Å². The van der Waals surface area contributed by atoms with E-state index in [9.17, 15) is 19.0 Å². The Bertz CT molecular complexity index is 866. The van der Waals surface area contributed by atoms with Gasteiger partial charge in [-0.2, -0.15) is 0 Å². The van der Waals surface area contributed by atoms with Crippen LogP contribution < -0.4 is 0 Å². The Morgan fingerprint density at radius 3 is 1.25 bits per heavy atom. The van der Waals surface area contributed by atoms with E-state index in [1.54, 1.807) is 0 Å². The summed E-state index contributed by atoms with van der Waals surface area (Å²) in [7, 11) is 0. The molecule has 0 aliphatic carbocycles. The van der Waals surface area contributed by atoms with Crippen LogP contribution in [-0.2, 0) is 0 Å². The normalized spacial score (nSPS) is 10.8. The Morgan fingerprint density at radius 1 is 0.583 bits per heavy atom. The third kappa shape index (κ3) is 2.90. The van der Waals surface area contributed by atoms with Crippen molar-refractivity contribution in [2.24, 2.45) is 0 Å². The molecule has 0 saturated carbocycles. The Morgan fingerprint density at radius 2 is 0.917 bits per heavy atom. The van der Waals surface area contributed by atoms with Crippen molar-refractivity contribution in [2.45, 2.75) is 0 Å². The monoisotopic (exact) mass is 366 g/mol. The van der Waals surface area contributed by atoms with Crippen LogP contribution in [0.25, 0.3) is 22.3 Å². The maximum atomic E-state index is 14.5. The first kappa shape index (κ1) is 16.6. The summed E-state index contributed by atoms with van der Waals surface area (Å²) >= 11 is 11.5. The largest absolute Gasteiger partial charge is 0.507 e. The highest BCUT2D eigenvalue weighted by Crippen LogP contribution is 2.39. The molecule has 0 bridgehead atoms. The third-order valence-electron chi connectivity index (χ3n) is 3.58. The van der Waals surface area contributed by atoms with Gasteiger partial charge in [0.25, 0.3) is 0 Å². The minimum atomic E-state index is -1.14. The van der Waals surface area contributed by atoms with Gasteiger partial charge >= 0.3 is 0 Å². The molecule has 3 aromatic rings. The van der Waals surface area contributed by atoms with Crippen molar-refractivity contribution in [3.63, 3.8) is 0 Å². The van der Waals surface area contributed by atoms with Gasteiger partial charge < -0.3 is 10.2 Å². The van der Waals surface area contributed by atoms with Crippen molar-refractivity contribution in [3.05, 3.63) is 70.2 Å². The van der Waals surface area contributed by atoms with E-state index >= 15 is 0 Å². The second-order valence-electron chi connectivity index (χ2n) is 5.11. The van der Waals surface area contributed by atoms with E-state index in [1.165, 1.54) is 48.5 Å². The average molecular weight is 367 g/mol. The Balaban J connectivity index is 2.16. The Labute approximate surface area is 146 Å². The molecule has 6 heteroatoms. The van der Waals surface area contributed by atoms with Gasteiger partial charge in [-0.1, -0.05) is 35.3 Å². The Kier molecular flexibility index (Phi) is 4.35. The predicted molar refractivity (Wildman–Crippen MR) is 90.6 cm³/mol. The first-order valence-corrected chi connectivity index (χ1v) is 7.60. The predicted octanol–water partition coefficient (Wildman–Crippen LogP) is 6.02. The average Bonchev–Trinajstić information content (AvgIpc) is 2.52. The molecule has 2 N–H and O–H groups in total. The molecular formula is C18H10Cl2F2O2. The lowest BCUT2D eigenvalue weighted by Gasteiger charge is -2.11. The van der Waals surface area contributed by atoms with E-state index in [4.69, 9.17) is 23.2 Å². The van der Waals surface area contributed by atoms with E-state index in [0.29, 0.717) is 0 Å². The van der Waals surface area contributed by atoms with Crippen molar-refractivity contribution in [1.29, 1.82) is 0 Å². The van der Waals surface area contributed by atoms with Crippen LogP contribution in [0.4, 0.5) is 8.78 Å². The van der Waals surface area contributed by atoms with Gasteiger partial charge in [-0.05, 0) is 36.4 Å². The van der Waals surface area contributed by atoms with Gasteiger partial charge in [0, 0.05) is 32.3 Å². The van der Waals surface area contributed by atoms with Gasteiger partial charge in [-0.15, -0.1) is 0 Å². The van der Waals surface area contributed by atoms with Crippen LogP contribution in [0.2, 0.25) is 10.0 Å². The number of hydrogen-bond acceptors (Lipinski definition) is 2. The summed E-state index contributed by atoms with van der Waals surface area (Å²) in [5.74, 6) is -2.80. The van der Waals surface area contributed by atoms with Crippen molar-refractivity contribution in [3.8, 4) is 33.8 Å². The van der Waals surface area contributed by atoms with Crippen LogP contribution >= 0.6 is 23.2 Å². The maximum absolute atomic E-state index is 14.5. The van der Waals surface area contributed by atoms with Gasteiger partial charge in [-0.25, -0.2) is 8.78 Å². The summed E-state index contributed by atoms with van der Waals surface area (Å²) in [4.78, 5) is 0. The number of phenols is 2. The van der Waals surface area contributed by atoms with Crippen molar-refractivity contribution in [1.82, 2.24) is 0 Å². The van der Waals surface area contributed by atoms with Crippen LogP contribution in [0.5, 0.6) is 11.5 Å². The smallest absolute Gasteiger partial charge is 0.167 e. The molecule has 0 spiro atoms. The van der Waals surface area contributed by atoms with E-state index < -0.39 is 11.6 Å². The highest BCUT2D eigenvalue weighted by molar-refractivity contribution is 6.31. The number of benzene rings is 3. The summed E-state index contributed by atoms with van der Waals surface area (Å²) in [5.41, 5.74) is 0.00287. The van der Waals surface area contributed by atoms with Crippen molar-refractivity contribution >= 4 is 23.2 Å². The van der Waals surface area contributed by atoms with Gasteiger partial charge in [0.15, 0.2) is 11.6 Å². The summed E-state index contributed by atoms with van der Waals surface area (Å²) < 4.78 is 29.0. The molecule has 0 heterocycles. The van der Waals surface area contributed by atoms with Crippen LogP contribution in [0.3, 0.4) is 0 Å². The van der Waals surface area contributed by atoms with Gasteiger partial charge in [0.05, 0.1) is 0 Å². The third-order valence-corrected chi connectivity index (χ3v) is 4.05. The molecule has 0 amide bonds. The van der Waals surface area contributed by atoms with E-state index in [0.717, 1.165) is 0 Å². The summed E-state index contributed by atoms with van der Waals surface area (Å²) in [6.07, 6.45) is 0. The fourth-order valence-electron chi connectivity index (χ4n) is 2.43. The van der Waals surface area contributed by atoms with Crippen LogP contribution in [0.15, 0.2) is 48.5 Å². The lowest BCUT2D eigenvalue weighted by molar-refractivity contribution is 0.473. The summed E-state index contributed by atoms with van der Waals surface area (Å²) in [6, 6.07) is 10.9. The molecule has 3 aromatic carbocycles. The first-order chi connectivity index (χ1) is 11.4. The summed E-state index contributed by atoms with van der Waals surface area (Å²) in [6.45, 7) is 0. The number of hydrogen-bond donors (Lipinski definition) is 2. The lowest BCUT2D eigenvalue weighted by Crippen LogP contribution is -1.94. The van der Waals surface area contributed by atoms with Gasteiger partial charge in [-0.3, -0.25) is 0 Å². The van der Waals surface area contributed by atoms with E-state index in [1.807, 2.05) is 0 Å². The molecule has 0 atom stereocenters. The zero-order valence-corrected chi connectivity index (χ0v) is 13.5. The highest BCUT2D eigenvalue weighted by atomic mass is 35.5. The molecule has 0 unspecified atom stereocenters. The zero-order valence-electron chi connectivity index (χ0n) is 12.0. The molecular weight excluding hydrogens is 357 g/mol. The van der Waals surface area contributed by atoms with Crippen LogP contribution in [0.1, 0.15) is 0 Å². The number of halogens is 4. The van der Waals surface area contributed by atoms with Crippen LogP contribution in [-0.4, -0.2) is 10.2 Å². The highest BCUT2D eigenvalue weighted by Gasteiger charge is 2.19. The molecule has 0 saturated heterocycles. The van der Waals surface area contributed by atoms with Crippen molar-refractivity contribution < 1.29 is 19.0 Å². The second-order valence-corrected chi connectivity index (χ2v) is 5.98. The fraction of sp³-hybridized carbons (Fsp3) is 0. The Hall–Kier alpha value is -2.30. The minimum Gasteiger partial charge on any atom is -0.507 e. The molecule has 122 valence electrons. The molecule has 3 rings (SSSR count). The fourth-order valence-corrected chi connectivity index (χ4v) is 2.76. The molecule has 0 aliphatic heterocycles. The zero-order chi connectivity index (χ0) is 17.4. The SMILES string of the molecule is Oc1cc(Cl)ccc1-c1ccc(-c2ccc(Cl)cc2O)c(F)c1F. The first-order valence-electron chi connectivity index (χ1n) is 6.84. The maximum Gasteiger partial charge on any atom is 0.167 e. The molecule has 0 fully saturated rings. The van der Waals surface area contributed by atoms with E-state index in [2.05, 4.69) is 0 Å². The van der Waals surface area contributed by atoms with E-state index in [-0.39, 0.29) is 43.8 Å². The number of rotatable bonds is 2. The standard InChI is InChI=1S/C18H10Cl2F2O2/c19-9-1-3-11(15(23)7-9)13-5-6-14(18(22)17(13)21)12-4-2-10(20)8-16(12)24/h1-8,23-24H. The molecule has 0 radical (unpaired) electrons. The quantitative estimate of drug-likeness (QED) is 0.582. The van der Waals surface area contributed by atoms with Crippen molar-refractivity contribution in [2.75, 3.05) is 0 Å². The van der Waals surface area contributed by atoms with Gasteiger partial charge in [0.2, 0.25) is 0 Å². The summed E-state index contributed by atoms with van der Waals surface area (Å²) in [5, 5.41) is 20.3. The molecule has 0 aromatic heterocycles. The number of phenolic OH excluding ortho intramolecular Hbond substituents is 2. The molecule has 24 heavy (non-hydrogen) atoms. The molecule has 0 aliphatic rings. The number of aromatic hydroxyl groups is 2. The lowest BCUT2D eigenvalue weighted by atomic mass is 9.98. The second kappa shape index (κ2) is 6.30.